The van der Waals surface area contributed by atoms with Crippen molar-refractivity contribution in [3.8, 4) is 11.9 Å². The molecule has 0 bridgehead atoms. The predicted molar refractivity (Wildman–Crippen MR) is 120 cm³/mol. The summed E-state index contributed by atoms with van der Waals surface area (Å²) in [6.45, 7) is -1.23. The van der Waals surface area contributed by atoms with Crippen LogP contribution in [0.25, 0.3) is 11.0 Å². The van der Waals surface area contributed by atoms with E-state index in [0.717, 1.165) is 0 Å². The second-order valence-corrected chi connectivity index (χ2v) is 8.51. The second kappa shape index (κ2) is 11.4. The van der Waals surface area contributed by atoms with Crippen molar-refractivity contribution in [3.05, 3.63) is 11.8 Å². The number of anilines is 1. The number of aromatic nitrogens is 3. The molecule has 8 N–H and O–H groups in total. The summed E-state index contributed by atoms with van der Waals surface area (Å²) in [5, 5.41) is 74.1. The summed E-state index contributed by atoms with van der Waals surface area (Å²) in [5.41, 5.74) is 0.534. The Labute approximate surface area is 209 Å². The van der Waals surface area contributed by atoms with Gasteiger partial charge in [-0.25, -0.2) is 0 Å². The zero-order valence-corrected chi connectivity index (χ0v) is 19.8. The highest BCUT2D eigenvalue weighted by Crippen LogP contribution is 2.31. The zero-order valence-electron chi connectivity index (χ0n) is 19.8. The SMILES string of the molecule is COc1nc(NC2OC(CO)C(OC3OC(CO)C(OC)C(O)C3O)C(O)C2O)nc2[nH]cc(C#N)c12. The summed E-state index contributed by atoms with van der Waals surface area (Å²) >= 11 is 0. The normalized spacial score (nSPS) is 36.3. The minimum atomic E-state index is -1.68. The Morgan fingerprint density at radius 1 is 1.00 bits per heavy atom. The van der Waals surface area contributed by atoms with E-state index in [0.29, 0.717) is 5.39 Å². The van der Waals surface area contributed by atoms with Gasteiger partial charge in [-0.3, -0.25) is 0 Å². The van der Waals surface area contributed by atoms with Gasteiger partial charge in [-0.2, -0.15) is 15.2 Å². The van der Waals surface area contributed by atoms with E-state index in [1.54, 1.807) is 0 Å². The van der Waals surface area contributed by atoms with E-state index in [1.165, 1.54) is 20.4 Å². The molecule has 16 heteroatoms. The fourth-order valence-corrected chi connectivity index (χ4v) is 4.41. The number of rotatable bonds is 8. The minimum absolute atomic E-state index is 0.0749. The molecular formula is C21H29N5O11. The average molecular weight is 527 g/mol. The number of nitrogens with one attached hydrogen (secondary N) is 2. The topological polar surface area (TPSA) is 245 Å². The smallest absolute Gasteiger partial charge is 0.230 e. The van der Waals surface area contributed by atoms with E-state index >= 15 is 0 Å². The summed E-state index contributed by atoms with van der Waals surface area (Å²) in [4.78, 5) is 11.2. The molecule has 37 heavy (non-hydrogen) atoms. The lowest BCUT2D eigenvalue weighted by Gasteiger charge is -2.46. The van der Waals surface area contributed by atoms with Gasteiger partial charge in [0.2, 0.25) is 11.8 Å². The van der Waals surface area contributed by atoms with Crippen LogP contribution >= 0.6 is 0 Å². The molecule has 4 rings (SSSR count). The average Bonchev–Trinajstić information content (AvgIpc) is 3.33. The van der Waals surface area contributed by atoms with Crippen molar-refractivity contribution in [2.75, 3.05) is 32.8 Å². The Bertz CT molecular complexity index is 1110. The van der Waals surface area contributed by atoms with Crippen LogP contribution in [0.15, 0.2) is 6.20 Å². The fourth-order valence-electron chi connectivity index (χ4n) is 4.41. The third-order valence-electron chi connectivity index (χ3n) is 6.33. The van der Waals surface area contributed by atoms with Gasteiger partial charge in [0.1, 0.15) is 60.5 Å². The monoisotopic (exact) mass is 527 g/mol. The highest BCUT2D eigenvalue weighted by molar-refractivity contribution is 5.88. The summed E-state index contributed by atoms with van der Waals surface area (Å²) in [6, 6.07) is 1.99. The third kappa shape index (κ3) is 5.06. The molecule has 10 unspecified atom stereocenters. The van der Waals surface area contributed by atoms with Gasteiger partial charge in [-0.1, -0.05) is 0 Å². The first-order valence-corrected chi connectivity index (χ1v) is 11.3. The Hall–Kier alpha value is -2.69. The molecule has 2 saturated heterocycles. The first-order valence-electron chi connectivity index (χ1n) is 11.3. The van der Waals surface area contributed by atoms with Crippen molar-refractivity contribution in [3.63, 3.8) is 0 Å². The molecule has 4 heterocycles. The molecule has 0 aliphatic carbocycles. The number of methoxy groups -OCH3 is 2. The van der Waals surface area contributed by atoms with Crippen molar-refractivity contribution in [1.29, 1.82) is 5.26 Å². The van der Waals surface area contributed by atoms with Gasteiger partial charge in [0.15, 0.2) is 12.5 Å². The highest BCUT2D eigenvalue weighted by Gasteiger charge is 2.51. The summed E-state index contributed by atoms with van der Waals surface area (Å²) in [5.74, 6) is -0.000546. The number of nitriles is 1. The third-order valence-corrected chi connectivity index (χ3v) is 6.33. The van der Waals surface area contributed by atoms with Crippen molar-refractivity contribution < 1.29 is 54.3 Å². The Balaban J connectivity index is 1.51. The molecule has 0 saturated carbocycles. The quantitative estimate of drug-likeness (QED) is 0.166. The lowest BCUT2D eigenvalue weighted by atomic mass is 9.96. The van der Waals surface area contributed by atoms with E-state index in [9.17, 15) is 35.9 Å². The Morgan fingerprint density at radius 2 is 1.68 bits per heavy atom. The maximum atomic E-state index is 10.8. The maximum absolute atomic E-state index is 10.8. The minimum Gasteiger partial charge on any atom is -0.480 e. The van der Waals surface area contributed by atoms with Gasteiger partial charge < -0.3 is 64.6 Å². The molecule has 10 atom stereocenters. The van der Waals surface area contributed by atoms with Gasteiger partial charge in [0.05, 0.1) is 31.3 Å². The van der Waals surface area contributed by atoms with Crippen LogP contribution in [0.2, 0.25) is 0 Å². The van der Waals surface area contributed by atoms with Crippen molar-refractivity contribution in [1.82, 2.24) is 15.0 Å². The maximum Gasteiger partial charge on any atom is 0.230 e. The number of aliphatic hydroxyl groups excluding tert-OH is 6. The van der Waals surface area contributed by atoms with Gasteiger partial charge in [-0.15, -0.1) is 0 Å². The van der Waals surface area contributed by atoms with Crippen LogP contribution in [0.3, 0.4) is 0 Å². The summed E-state index contributed by atoms with van der Waals surface area (Å²) < 4.78 is 27.1. The fraction of sp³-hybridized carbons (Fsp3) is 0.667. The molecule has 0 radical (unpaired) electrons. The van der Waals surface area contributed by atoms with Crippen LogP contribution in [0.5, 0.6) is 5.88 Å². The van der Waals surface area contributed by atoms with Gasteiger partial charge in [-0.05, 0) is 0 Å². The second-order valence-electron chi connectivity index (χ2n) is 8.51. The van der Waals surface area contributed by atoms with E-state index < -0.39 is 74.6 Å². The molecule has 204 valence electrons. The zero-order chi connectivity index (χ0) is 26.9. The van der Waals surface area contributed by atoms with Crippen molar-refractivity contribution in [2.24, 2.45) is 0 Å². The van der Waals surface area contributed by atoms with Crippen LogP contribution in [0.4, 0.5) is 5.95 Å². The van der Waals surface area contributed by atoms with Gasteiger partial charge >= 0.3 is 0 Å². The number of nitrogens with zero attached hydrogens (tertiary/aromatic N) is 3. The van der Waals surface area contributed by atoms with E-state index in [-0.39, 0.29) is 23.0 Å². The van der Waals surface area contributed by atoms with Crippen LogP contribution in [-0.2, 0) is 18.9 Å². The molecular weight excluding hydrogens is 498 g/mol. The van der Waals surface area contributed by atoms with E-state index in [4.69, 9.17) is 23.7 Å². The molecule has 0 spiro atoms. The van der Waals surface area contributed by atoms with Crippen molar-refractivity contribution >= 4 is 17.0 Å². The first-order chi connectivity index (χ1) is 17.8. The number of H-pyrrole nitrogens is 1. The Kier molecular flexibility index (Phi) is 8.40. The highest BCUT2D eigenvalue weighted by atomic mass is 16.7. The molecule has 16 nitrogen and oxygen atoms in total. The molecule has 2 aliphatic rings. The van der Waals surface area contributed by atoms with Gasteiger partial charge in [0.25, 0.3) is 0 Å². The van der Waals surface area contributed by atoms with Crippen LogP contribution in [0, 0.1) is 11.3 Å². The molecule has 2 aromatic heterocycles. The number of hydrogen-bond donors (Lipinski definition) is 8. The number of fused-ring (bicyclic) bond motifs is 1. The lowest BCUT2D eigenvalue weighted by Crippen LogP contribution is -2.65. The number of aliphatic hydroxyl groups is 6. The molecule has 0 amide bonds. The molecule has 0 aromatic carbocycles. The van der Waals surface area contributed by atoms with E-state index in [1.807, 2.05) is 6.07 Å². The predicted octanol–water partition coefficient (Wildman–Crippen LogP) is -3.47. The largest absolute Gasteiger partial charge is 0.480 e. The number of aromatic amines is 1. The molecule has 2 aliphatic heterocycles. The van der Waals surface area contributed by atoms with Crippen LogP contribution < -0.4 is 10.1 Å². The number of ether oxygens (including phenoxy) is 5. The molecule has 2 fully saturated rings. The summed E-state index contributed by atoms with van der Waals surface area (Å²) in [6.07, 6.45) is -12.7. The van der Waals surface area contributed by atoms with Crippen molar-refractivity contribution in [2.45, 2.75) is 61.3 Å². The Morgan fingerprint density at radius 3 is 2.30 bits per heavy atom. The molecule has 2 aromatic rings. The first kappa shape index (κ1) is 27.3. The van der Waals surface area contributed by atoms with Gasteiger partial charge in [0, 0.05) is 13.3 Å². The van der Waals surface area contributed by atoms with Crippen LogP contribution in [0.1, 0.15) is 5.56 Å². The van der Waals surface area contributed by atoms with E-state index in [2.05, 4.69) is 20.3 Å². The summed E-state index contributed by atoms with van der Waals surface area (Å²) in [7, 11) is 2.63. The number of hydrogen-bond acceptors (Lipinski definition) is 15. The van der Waals surface area contributed by atoms with Crippen LogP contribution in [-0.4, -0.2) is 134 Å². The standard InChI is InChI=1S/C21H29N5O11/c1-33-15-8(5-27)36-20(14(32)12(15)30)37-16-9(6-28)35-19(13(31)11(16)29)26-21-24-17-10(18(25-21)34-2)7(3-22)4-23-17/h4,8-9,11-16,19-20,27-32H,5-6H2,1-2H3,(H2,23,24,25,26). The lowest BCUT2D eigenvalue weighted by molar-refractivity contribution is -0.342.